The van der Waals surface area contributed by atoms with Crippen LogP contribution in [0.1, 0.15) is 18.9 Å². The van der Waals surface area contributed by atoms with E-state index in [4.69, 9.17) is 16.3 Å². The van der Waals surface area contributed by atoms with E-state index in [1.165, 1.54) is 12.3 Å². The molecule has 1 amide bonds. The van der Waals surface area contributed by atoms with Gasteiger partial charge in [-0.1, -0.05) is 11.6 Å². The van der Waals surface area contributed by atoms with Gasteiger partial charge in [-0.25, -0.2) is 5.43 Å². The lowest BCUT2D eigenvalue weighted by atomic mass is 10.2. The molecule has 0 unspecified atom stereocenters. The first-order valence-corrected chi connectivity index (χ1v) is 9.11. The van der Waals surface area contributed by atoms with Crippen molar-refractivity contribution >= 4 is 35.5 Å². The number of thioether (sulfide) groups is 1. The number of halogens is 1. The number of phenols is 1. The minimum atomic E-state index is -0.165. The van der Waals surface area contributed by atoms with E-state index >= 15 is 0 Å². The molecule has 0 radical (unpaired) electrons. The van der Waals surface area contributed by atoms with Crippen molar-refractivity contribution in [2.45, 2.75) is 18.2 Å². The van der Waals surface area contributed by atoms with Crippen LogP contribution >= 0.6 is 23.4 Å². The van der Waals surface area contributed by atoms with Crippen molar-refractivity contribution in [1.82, 2.24) is 5.43 Å². The van der Waals surface area contributed by atoms with E-state index in [0.717, 1.165) is 10.5 Å². The molecular formula is C18H19ClN2O3S. The van der Waals surface area contributed by atoms with E-state index in [2.05, 4.69) is 10.5 Å². The molecule has 0 saturated heterocycles. The van der Waals surface area contributed by atoms with Gasteiger partial charge < -0.3 is 9.84 Å². The van der Waals surface area contributed by atoms with E-state index in [1.807, 2.05) is 31.2 Å². The molecule has 0 saturated carbocycles. The van der Waals surface area contributed by atoms with Gasteiger partial charge in [0, 0.05) is 22.1 Å². The van der Waals surface area contributed by atoms with E-state index in [9.17, 15) is 9.90 Å². The number of aromatic hydroxyl groups is 1. The molecule has 5 nitrogen and oxygen atoms in total. The van der Waals surface area contributed by atoms with E-state index in [1.54, 1.807) is 23.9 Å². The second-order valence-electron chi connectivity index (χ2n) is 5.01. The molecule has 2 rings (SSSR count). The fourth-order valence-corrected chi connectivity index (χ4v) is 2.89. The van der Waals surface area contributed by atoms with Crippen molar-refractivity contribution in [2.75, 3.05) is 12.4 Å². The van der Waals surface area contributed by atoms with Gasteiger partial charge in [-0.15, -0.1) is 11.8 Å². The third kappa shape index (κ3) is 6.68. The van der Waals surface area contributed by atoms with Gasteiger partial charge in [0.05, 0.1) is 12.8 Å². The van der Waals surface area contributed by atoms with Gasteiger partial charge in [-0.2, -0.15) is 5.10 Å². The Morgan fingerprint density at radius 3 is 2.80 bits per heavy atom. The number of benzene rings is 2. The Morgan fingerprint density at radius 2 is 2.08 bits per heavy atom. The van der Waals surface area contributed by atoms with E-state index in [-0.39, 0.29) is 11.7 Å². The number of carbonyl (C=O) groups excluding carboxylic acids is 1. The molecule has 0 aliphatic carbocycles. The summed E-state index contributed by atoms with van der Waals surface area (Å²) in [6.07, 6.45) is 1.86. The predicted octanol–water partition coefficient (Wildman–Crippen LogP) is 4.08. The van der Waals surface area contributed by atoms with Crippen LogP contribution in [0.4, 0.5) is 0 Å². The zero-order valence-electron chi connectivity index (χ0n) is 13.7. The van der Waals surface area contributed by atoms with Gasteiger partial charge in [0.2, 0.25) is 5.91 Å². The fraction of sp³-hybridized carbons (Fsp3) is 0.222. The first-order chi connectivity index (χ1) is 12.1. The average molecular weight is 379 g/mol. The summed E-state index contributed by atoms with van der Waals surface area (Å²) >= 11 is 7.41. The Balaban J connectivity index is 1.76. The lowest BCUT2D eigenvalue weighted by molar-refractivity contribution is -0.120. The summed E-state index contributed by atoms with van der Waals surface area (Å²) in [6, 6.07) is 12.4. The minimum absolute atomic E-state index is 0.0715. The first kappa shape index (κ1) is 19.1. The fourth-order valence-electron chi connectivity index (χ4n) is 1.91. The number of carbonyl (C=O) groups is 1. The quantitative estimate of drug-likeness (QED) is 0.412. The lowest BCUT2D eigenvalue weighted by Gasteiger charge is -2.06. The molecule has 0 atom stereocenters. The van der Waals surface area contributed by atoms with Gasteiger partial charge in [0.1, 0.15) is 0 Å². The van der Waals surface area contributed by atoms with Crippen LogP contribution < -0.4 is 10.2 Å². The normalized spacial score (nSPS) is 10.8. The van der Waals surface area contributed by atoms with Gasteiger partial charge in [0.25, 0.3) is 0 Å². The van der Waals surface area contributed by atoms with Crippen molar-refractivity contribution in [1.29, 1.82) is 0 Å². The SMILES string of the molecule is CCOc1cc(C=NNC(=O)CCSc2ccc(Cl)cc2)ccc1O. The average Bonchev–Trinajstić information content (AvgIpc) is 2.60. The molecule has 2 aromatic carbocycles. The summed E-state index contributed by atoms with van der Waals surface area (Å²) in [7, 11) is 0. The van der Waals surface area contributed by atoms with Crippen molar-refractivity contribution in [3.63, 3.8) is 0 Å². The minimum Gasteiger partial charge on any atom is -0.504 e. The maximum atomic E-state index is 11.8. The molecule has 2 N–H and O–H groups in total. The van der Waals surface area contributed by atoms with Gasteiger partial charge in [-0.05, 0) is 55.0 Å². The van der Waals surface area contributed by atoms with Crippen LogP contribution in [-0.2, 0) is 4.79 Å². The second kappa shape index (κ2) is 9.96. The molecule has 0 spiro atoms. The standard InChI is InChI=1S/C18H19ClN2O3S/c1-2-24-17-11-13(3-8-16(17)22)12-20-21-18(23)9-10-25-15-6-4-14(19)5-7-15/h3-8,11-12,22H,2,9-10H2,1H3,(H,21,23). The summed E-state index contributed by atoms with van der Waals surface area (Å²) < 4.78 is 5.30. The molecule has 25 heavy (non-hydrogen) atoms. The van der Waals surface area contributed by atoms with Crippen LogP contribution in [0.15, 0.2) is 52.5 Å². The smallest absolute Gasteiger partial charge is 0.240 e. The first-order valence-electron chi connectivity index (χ1n) is 7.74. The Morgan fingerprint density at radius 1 is 1.32 bits per heavy atom. The van der Waals surface area contributed by atoms with E-state index < -0.39 is 0 Å². The number of ether oxygens (including phenoxy) is 1. The third-order valence-electron chi connectivity index (χ3n) is 3.10. The maximum absolute atomic E-state index is 11.8. The largest absolute Gasteiger partial charge is 0.504 e. The van der Waals surface area contributed by atoms with Crippen LogP contribution in [0.5, 0.6) is 11.5 Å². The van der Waals surface area contributed by atoms with Crippen molar-refractivity contribution in [3.05, 3.63) is 53.1 Å². The van der Waals surface area contributed by atoms with Crippen LogP contribution in [0.25, 0.3) is 0 Å². The highest BCUT2D eigenvalue weighted by atomic mass is 35.5. The maximum Gasteiger partial charge on any atom is 0.240 e. The van der Waals surface area contributed by atoms with Crippen LogP contribution in [0.2, 0.25) is 5.02 Å². The zero-order chi connectivity index (χ0) is 18.1. The summed E-state index contributed by atoms with van der Waals surface area (Å²) in [6.45, 7) is 2.29. The molecular weight excluding hydrogens is 360 g/mol. The third-order valence-corrected chi connectivity index (χ3v) is 4.36. The Labute approximate surface area is 156 Å². The number of nitrogens with one attached hydrogen (secondary N) is 1. The van der Waals surface area contributed by atoms with Gasteiger partial charge in [-0.3, -0.25) is 4.79 Å². The highest BCUT2D eigenvalue weighted by Crippen LogP contribution is 2.26. The molecule has 0 aliphatic heterocycles. The predicted molar refractivity (Wildman–Crippen MR) is 102 cm³/mol. The summed E-state index contributed by atoms with van der Waals surface area (Å²) in [4.78, 5) is 12.8. The number of rotatable bonds is 8. The van der Waals surface area contributed by atoms with Crippen molar-refractivity contribution in [3.8, 4) is 11.5 Å². The highest BCUT2D eigenvalue weighted by molar-refractivity contribution is 7.99. The molecule has 0 aromatic heterocycles. The number of hydrogen-bond donors (Lipinski definition) is 2. The van der Waals surface area contributed by atoms with E-state index in [0.29, 0.717) is 29.6 Å². The summed E-state index contributed by atoms with van der Waals surface area (Å²) in [5.41, 5.74) is 3.20. The van der Waals surface area contributed by atoms with Crippen LogP contribution in [-0.4, -0.2) is 29.6 Å². The van der Waals surface area contributed by atoms with Crippen LogP contribution in [0, 0.1) is 0 Å². The van der Waals surface area contributed by atoms with Crippen molar-refractivity contribution < 1.29 is 14.6 Å². The molecule has 0 heterocycles. The number of nitrogens with zero attached hydrogens (tertiary/aromatic N) is 1. The Hall–Kier alpha value is -2.18. The number of hydrogen-bond acceptors (Lipinski definition) is 5. The lowest BCUT2D eigenvalue weighted by Crippen LogP contribution is -2.17. The second-order valence-corrected chi connectivity index (χ2v) is 6.61. The van der Waals surface area contributed by atoms with Gasteiger partial charge >= 0.3 is 0 Å². The number of amides is 1. The number of hydrazone groups is 1. The topological polar surface area (TPSA) is 70.9 Å². The molecule has 2 aromatic rings. The van der Waals surface area contributed by atoms with Gasteiger partial charge in [0.15, 0.2) is 11.5 Å². The Bertz CT molecular complexity index is 736. The Kier molecular flexibility index (Phi) is 7.63. The summed E-state index contributed by atoms with van der Waals surface area (Å²) in [5.74, 6) is 0.942. The van der Waals surface area contributed by atoms with Crippen LogP contribution in [0.3, 0.4) is 0 Å². The summed E-state index contributed by atoms with van der Waals surface area (Å²) in [5, 5.41) is 14.3. The molecule has 7 heteroatoms. The zero-order valence-corrected chi connectivity index (χ0v) is 15.3. The molecule has 0 aliphatic rings. The number of phenolic OH excluding ortho intramolecular Hbond substituents is 1. The monoisotopic (exact) mass is 378 g/mol. The molecule has 0 fully saturated rings. The van der Waals surface area contributed by atoms with Crippen molar-refractivity contribution in [2.24, 2.45) is 5.10 Å². The highest BCUT2D eigenvalue weighted by Gasteiger charge is 2.03. The molecule has 0 bridgehead atoms. The molecule has 132 valence electrons.